The molecule has 1 aromatic carbocycles. The molecule has 4 N–H and O–H groups in total. The lowest BCUT2D eigenvalue weighted by Gasteiger charge is -1.96. The predicted octanol–water partition coefficient (Wildman–Crippen LogP) is 1.20. The molecule has 0 fully saturated rings. The number of benzene rings is 1. The number of anilines is 1. The Morgan fingerprint density at radius 2 is 1.94 bits per heavy atom. The van der Waals surface area contributed by atoms with Crippen LogP contribution in [-0.4, -0.2) is 9.97 Å². The van der Waals surface area contributed by atoms with E-state index >= 15 is 0 Å². The molecular formula is C10H8FN5O2. The largest absolute Gasteiger partial charge is 0.383 e. The molecular weight excluding hydrogens is 241 g/mol. The number of nitrogens with one attached hydrogen (secondary N) is 2. The van der Waals surface area contributed by atoms with Gasteiger partial charge in [-0.05, 0) is 12.1 Å². The summed E-state index contributed by atoms with van der Waals surface area (Å²) in [7, 11) is 0. The molecule has 92 valence electrons. The molecule has 7 nitrogen and oxygen atoms in total. The van der Waals surface area contributed by atoms with Crippen molar-refractivity contribution in [3.63, 3.8) is 0 Å². The molecule has 8 heteroatoms. The van der Waals surface area contributed by atoms with Gasteiger partial charge in [-0.3, -0.25) is 14.8 Å². The highest BCUT2D eigenvalue weighted by Gasteiger charge is 2.05. The van der Waals surface area contributed by atoms with E-state index in [0.717, 1.165) is 6.07 Å². The van der Waals surface area contributed by atoms with E-state index in [4.69, 9.17) is 5.73 Å². The Kier molecular flexibility index (Phi) is 3.00. The van der Waals surface area contributed by atoms with E-state index < -0.39 is 17.1 Å². The summed E-state index contributed by atoms with van der Waals surface area (Å²) in [6, 6.07) is 5.34. The first-order chi connectivity index (χ1) is 8.56. The minimum atomic E-state index is -0.767. The number of H-pyrrole nitrogens is 2. The summed E-state index contributed by atoms with van der Waals surface area (Å²) in [5.41, 5.74) is 3.90. The van der Waals surface area contributed by atoms with Crippen molar-refractivity contribution < 1.29 is 4.39 Å². The van der Waals surface area contributed by atoms with E-state index in [-0.39, 0.29) is 17.2 Å². The zero-order chi connectivity index (χ0) is 13.1. The Morgan fingerprint density at radius 3 is 2.61 bits per heavy atom. The quantitative estimate of drug-likeness (QED) is 0.694. The van der Waals surface area contributed by atoms with Gasteiger partial charge in [-0.25, -0.2) is 9.18 Å². The Hall–Kier alpha value is -2.77. The van der Waals surface area contributed by atoms with Crippen LogP contribution in [0.2, 0.25) is 0 Å². The second kappa shape index (κ2) is 4.62. The molecule has 0 bridgehead atoms. The van der Waals surface area contributed by atoms with E-state index in [1.165, 1.54) is 18.2 Å². The van der Waals surface area contributed by atoms with Crippen molar-refractivity contribution in [3.05, 3.63) is 50.9 Å². The minimum absolute atomic E-state index is 0.205. The lowest BCUT2D eigenvalue weighted by molar-refractivity contribution is 0.628. The molecule has 0 amide bonds. The topological polar surface area (TPSA) is 116 Å². The molecule has 18 heavy (non-hydrogen) atoms. The van der Waals surface area contributed by atoms with Crippen LogP contribution in [-0.2, 0) is 0 Å². The van der Waals surface area contributed by atoms with E-state index in [1.807, 2.05) is 4.98 Å². The number of hydrogen-bond donors (Lipinski definition) is 3. The van der Waals surface area contributed by atoms with Gasteiger partial charge in [0.05, 0.1) is 5.69 Å². The number of nitrogen functional groups attached to an aromatic ring is 1. The van der Waals surface area contributed by atoms with E-state index in [9.17, 15) is 14.0 Å². The van der Waals surface area contributed by atoms with E-state index in [2.05, 4.69) is 15.2 Å². The first kappa shape index (κ1) is 11.7. The second-order valence-corrected chi connectivity index (χ2v) is 3.35. The molecule has 0 saturated carbocycles. The zero-order valence-electron chi connectivity index (χ0n) is 8.98. The number of nitrogens with two attached hydrogens (primary N) is 1. The molecule has 0 aliphatic rings. The maximum atomic E-state index is 12.9. The second-order valence-electron chi connectivity index (χ2n) is 3.35. The Bertz CT molecular complexity index is 719. The summed E-state index contributed by atoms with van der Waals surface area (Å²) >= 11 is 0. The van der Waals surface area contributed by atoms with E-state index in [0.29, 0.717) is 0 Å². The van der Waals surface area contributed by atoms with Crippen molar-refractivity contribution in [1.29, 1.82) is 0 Å². The third-order valence-electron chi connectivity index (χ3n) is 2.02. The zero-order valence-corrected chi connectivity index (χ0v) is 8.98. The van der Waals surface area contributed by atoms with Crippen molar-refractivity contribution in [1.82, 2.24) is 9.97 Å². The fourth-order valence-electron chi connectivity index (χ4n) is 1.24. The van der Waals surface area contributed by atoms with Crippen LogP contribution < -0.4 is 17.0 Å². The van der Waals surface area contributed by atoms with Crippen LogP contribution in [0.25, 0.3) is 0 Å². The average molecular weight is 249 g/mol. The Morgan fingerprint density at radius 1 is 1.17 bits per heavy atom. The van der Waals surface area contributed by atoms with Crippen LogP contribution in [0.4, 0.5) is 21.6 Å². The number of hydrogen-bond acceptors (Lipinski definition) is 5. The molecule has 2 aromatic rings. The summed E-state index contributed by atoms with van der Waals surface area (Å²) in [5, 5.41) is 7.23. The number of aromatic nitrogens is 2. The van der Waals surface area contributed by atoms with Gasteiger partial charge in [-0.2, -0.15) is 5.11 Å². The number of halogens is 1. The fourth-order valence-corrected chi connectivity index (χ4v) is 1.24. The maximum absolute atomic E-state index is 12.9. The summed E-state index contributed by atoms with van der Waals surface area (Å²) in [5.74, 6) is -0.682. The van der Waals surface area contributed by atoms with Gasteiger partial charge in [-0.1, -0.05) is 6.07 Å². The summed E-state index contributed by atoms with van der Waals surface area (Å²) in [6.45, 7) is 0. The van der Waals surface area contributed by atoms with Crippen LogP contribution in [0.15, 0.2) is 44.1 Å². The Balaban J connectivity index is 2.41. The van der Waals surface area contributed by atoms with Crippen molar-refractivity contribution in [2.24, 2.45) is 10.2 Å². The number of azo groups is 1. The molecule has 0 aliphatic heterocycles. The van der Waals surface area contributed by atoms with Crippen LogP contribution >= 0.6 is 0 Å². The van der Waals surface area contributed by atoms with Gasteiger partial charge in [0.25, 0.3) is 5.56 Å². The van der Waals surface area contributed by atoms with Gasteiger partial charge in [-0.15, -0.1) is 5.11 Å². The molecule has 0 unspecified atom stereocenters. The molecule has 0 aliphatic carbocycles. The SMILES string of the molecule is Nc1[nH]c(=O)[nH]c(=O)c1N=Nc1cccc(F)c1. The lowest BCUT2D eigenvalue weighted by Crippen LogP contribution is -2.23. The van der Waals surface area contributed by atoms with Gasteiger partial charge in [0.2, 0.25) is 0 Å². The highest BCUT2D eigenvalue weighted by Crippen LogP contribution is 2.18. The fraction of sp³-hybridized carbons (Fsp3) is 0. The molecule has 1 heterocycles. The monoisotopic (exact) mass is 249 g/mol. The molecule has 0 spiro atoms. The summed E-state index contributed by atoms with van der Waals surface area (Å²) in [4.78, 5) is 26.4. The number of nitrogens with zero attached hydrogens (tertiary/aromatic N) is 2. The van der Waals surface area contributed by atoms with Crippen LogP contribution in [0.3, 0.4) is 0 Å². The molecule has 0 radical (unpaired) electrons. The highest BCUT2D eigenvalue weighted by atomic mass is 19.1. The molecule has 0 saturated heterocycles. The van der Waals surface area contributed by atoms with Crippen LogP contribution in [0.5, 0.6) is 0 Å². The van der Waals surface area contributed by atoms with Crippen LogP contribution in [0.1, 0.15) is 0 Å². The number of aromatic amines is 2. The Labute approximate surface area is 99.2 Å². The average Bonchev–Trinajstić information content (AvgIpc) is 2.27. The first-order valence-electron chi connectivity index (χ1n) is 4.85. The maximum Gasteiger partial charge on any atom is 0.327 e. The van der Waals surface area contributed by atoms with Gasteiger partial charge < -0.3 is 5.73 Å². The normalized spacial score (nSPS) is 10.9. The van der Waals surface area contributed by atoms with E-state index in [1.54, 1.807) is 0 Å². The van der Waals surface area contributed by atoms with Gasteiger partial charge in [0.15, 0.2) is 5.69 Å². The molecule has 1 aromatic heterocycles. The third-order valence-corrected chi connectivity index (χ3v) is 2.02. The van der Waals surface area contributed by atoms with Crippen molar-refractivity contribution in [2.45, 2.75) is 0 Å². The van der Waals surface area contributed by atoms with Crippen molar-refractivity contribution in [3.8, 4) is 0 Å². The highest BCUT2D eigenvalue weighted by molar-refractivity contribution is 5.54. The van der Waals surface area contributed by atoms with Gasteiger partial charge in [0.1, 0.15) is 11.6 Å². The van der Waals surface area contributed by atoms with Crippen LogP contribution in [0, 0.1) is 5.82 Å². The lowest BCUT2D eigenvalue weighted by atomic mass is 10.3. The van der Waals surface area contributed by atoms with Crippen molar-refractivity contribution in [2.75, 3.05) is 5.73 Å². The summed E-state index contributed by atoms with van der Waals surface area (Å²) < 4.78 is 12.9. The van der Waals surface area contributed by atoms with Gasteiger partial charge >= 0.3 is 5.69 Å². The standard InChI is InChI=1S/C10H8FN5O2/c11-5-2-1-3-6(4-5)15-16-7-8(12)13-10(18)14-9(7)17/h1-4H,(H4,12,13,14,17,18). The third kappa shape index (κ3) is 2.48. The van der Waals surface area contributed by atoms with Crippen molar-refractivity contribution >= 4 is 17.2 Å². The molecule has 2 rings (SSSR count). The van der Waals surface area contributed by atoms with Gasteiger partial charge in [0, 0.05) is 6.07 Å². The minimum Gasteiger partial charge on any atom is -0.383 e. The first-order valence-corrected chi connectivity index (χ1v) is 4.85. The predicted molar refractivity (Wildman–Crippen MR) is 62.7 cm³/mol. The summed E-state index contributed by atoms with van der Waals surface area (Å²) in [6.07, 6.45) is 0. The molecule has 0 atom stereocenters. The smallest absolute Gasteiger partial charge is 0.327 e. The number of rotatable bonds is 2.